The summed E-state index contributed by atoms with van der Waals surface area (Å²) in [6, 6.07) is 8.92. The van der Waals surface area contributed by atoms with E-state index in [2.05, 4.69) is 45.1 Å². The van der Waals surface area contributed by atoms with Crippen LogP contribution in [0.2, 0.25) is 5.02 Å². The smallest absolute Gasteiger partial charge is 0.126 e. The maximum absolute atomic E-state index is 13.4. The van der Waals surface area contributed by atoms with Gasteiger partial charge in [-0.05, 0) is 62.6 Å². The first kappa shape index (κ1) is 14.9. The molecule has 0 spiro atoms. The van der Waals surface area contributed by atoms with Gasteiger partial charge >= 0.3 is 0 Å². The number of aryl methyl sites for hydroxylation is 3. The van der Waals surface area contributed by atoms with Gasteiger partial charge in [0.05, 0.1) is 0 Å². The van der Waals surface area contributed by atoms with Gasteiger partial charge in [-0.1, -0.05) is 29.3 Å². The quantitative estimate of drug-likeness (QED) is 0.778. The SMILES string of the molecule is Cc1cc(C)c(C(C)Nc2cc(F)cc(Cl)c2)c(C)c1. The van der Waals surface area contributed by atoms with Crippen molar-refractivity contribution in [2.75, 3.05) is 5.32 Å². The molecule has 2 aromatic carbocycles. The van der Waals surface area contributed by atoms with Gasteiger partial charge in [-0.3, -0.25) is 0 Å². The molecule has 1 N–H and O–H groups in total. The van der Waals surface area contributed by atoms with Gasteiger partial charge in [-0.15, -0.1) is 0 Å². The van der Waals surface area contributed by atoms with E-state index in [1.54, 1.807) is 6.07 Å². The molecule has 0 aliphatic heterocycles. The van der Waals surface area contributed by atoms with Gasteiger partial charge in [0.15, 0.2) is 0 Å². The van der Waals surface area contributed by atoms with Gasteiger partial charge < -0.3 is 5.32 Å². The lowest BCUT2D eigenvalue weighted by atomic mass is 9.95. The minimum absolute atomic E-state index is 0.0912. The Balaban J connectivity index is 2.30. The highest BCUT2D eigenvalue weighted by Crippen LogP contribution is 2.28. The van der Waals surface area contributed by atoms with Crippen LogP contribution in [0.5, 0.6) is 0 Å². The minimum Gasteiger partial charge on any atom is -0.378 e. The average molecular weight is 292 g/mol. The fourth-order valence-electron chi connectivity index (χ4n) is 2.83. The highest BCUT2D eigenvalue weighted by molar-refractivity contribution is 6.30. The maximum Gasteiger partial charge on any atom is 0.126 e. The van der Waals surface area contributed by atoms with E-state index in [-0.39, 0.29) is 11.9 Å². The summed E-state index contributed by atoms with van der Waals surface area (Å²) in [7, 11) is 0. The minimum atomic E-state index is -0.329. The molecule has 20 heavy (non-hydrogen) atoms. The van der Waals surface area contributed by atoms with Gasteiger partial charge in [-0.25, -0.2) is 4.39 Å². The van der Waals surface area contributed by atoms with E-state index in [4.69, 9.17) is 11.6 Å². The molecule has 3 heteroatoms. The summed E-state index contributed by atoms with van der Waals surface area (Å²) in [5, 5.41) is 3.72. The van der Waals surface area contributed by atoms with E-state index in [0.717, 1.165) is 0 Å². The third-order valence-electron chi connectivity index (χ3n) is 3.42. The molecule has 0 saturated carbocycles. The Morgan fingerprint density at radius 2 is 1.60 bits per heavy atom. The summed E-state index contributed by atoms with van der Waals surface area (Å²) < 4.78 is 13.4. The van der Waals surface area contributed by atoms with Gasteiger partial charge in [0, 0.05) is 16.8 Å². The average Bonchev–Trinajstić information content (AvgIpc) is 2.25. The molecule has 0 heterocycles. The number of halogens is 2. The van der Waals surface area contributed by atoms with Gasteiger partial charge in [0.1, 0.15) is 5.82 Å². The summed E-state index contributed by atoms with van der Waals surface area (Å²) >= 11 is 5.88. The Labute approximate surface area is 124 Å². The van der Waals surface area contributed by atoms with Crippen molar-refractivity contribution in [1.82, 2.24) is 0 Å². The number of nitrogens with one attached hydrogen (secondary N) is 1. The number of benzene rings is 2. The van der Waals surface area contributed by atoms with Crippen molar-refractivity contribution in [3.8, 4) is 0 Å². The molecule has 0 amide bonds. The van der Waals surface area contributed by atoms with Gasteiger partial charge in [0.2, 0.25) is 0 Å². The molecule has 1 nitrogen and oxygen atoms in total. The number of hydrogen-bond acceptors (Lipinski definition) is 1. The molecule has 0 saturated heterocycles. The van der Waals surface area contributed by atoms with Crippen LogP contribution < -0.4 is 5.32 Å². The Bertz CT molecular complexity index is 594. The van der Waals surface area contributed by atoms with E-state index >= 15 is 0 Å². The standard InChI is InChI=1S/C17H19ClFN/c1-10-5-11(2)17(12(3)6-10)13(4)20-16-8-14(18)7-15(19)9-16/h5-9,13,20H,1-4H3. The van der Waals surface area contributed by atoms with Gasteiger partial charge in [-0.2, -0.15) is 0 Å². The lowest BCUT2D eigenvalue weighted by Crippen LogP contribution is -2.10. The fourth-order valence-corrected chi connectivity index (χ4v) is 3.06. The fraction of sp³-hybridized carbons (Fsp3) is 0.294. The lowest BCUT2D eigenvalue weighted by Gasteiger charge is -2.21. The van der Waals surface area contributed by atoms with Crippen molar-refractivity contribution in [3.63, 3.8) is 0 Å². The molecule has 0 aromatic heterocycles. The van der Waals surface area contributed by atoms with Crippen LogP contribution in [0.25, 0.3) is 0 Å². The molecule has 0 aliphatic carbocycles. The third kappa shape index (κ3) is 3.31. The van der Waals surface area contributed by atoms with Crippen molar-refractivity contribution >= 4 is 17.3 Å². The molecule has 0 radical (unpaired) electrons. The van der Waals surface area contributed by atoms with Crippen LogP contribution in [-0.2, 0) is 0 Å². The first-order valence-corrected chi connectivity index (χ1v) is 7.05. The first-order valence-electron chi connectivity index (χ1n) is 6.67. The normalized spacial score (nSPS) is 12.3. The van der Waals surface area contributed by atoms with Crippen molar-refractivity contribution < 1.29 is 4.39 Å². The zero-order valence-corrected chi connectivity index (χ0v) is 13.0. The summed E-state index contributed by atoms with van der Waals surface area (Å²) in [5.41, 5.74) is 5.68. The Hall–Kier alpha value is -1.54. The second kappa shape index (κ2) is 5.84. The predicted octanol–water partition coefficient (Wildman–Crippen LogP) is 5.58. The summed E-state index contributed by atoms with van der Waals surface area (Å²) in [5.74, 6) is -0.329. The van der Waals surface area contributed by atoms with Crippen molar-refractivity contribution in [1.29, 1.82) is 0 Å². The molecule has 0 aliphatic rings. The third-order valence-corrected chi connectivity index (χ3v) is 3.63. The Kier molecular flexibility index (Phi) is 4.34. The van der Waals surface area contributed by atoms with Crippen molar-refractivity contribution in [3.05, 3.63) is 63.4 Å². The molecular weight excluding hydrogens is 273 g/mol. The maximum atomic E-state index is 13.4. The molecule has 1 atom stereocenters. The molecular formula is C17H19ClFN. The zero-order valence-electron chi connectivity index (χ0n) is 12.2. The highest BCUT2D eigenvalue weighted by Gasteiger charge is 2.12. The second-order valence-electron chi connectivity index (χ2n) is 5.34. The van der Waals surface area contributed by atoms with E-state index in [1.807, 2.05) is 0 Å². The van der Waals surface area contributed by atoms with Crippen LogP contribution in [0, 0.1) is 26.6 Å². The van der Waals surface area contributed by atoms with Crippen LogP contribution in [0.1, 0.15) is 35.2 Å². The molecule has 2 aromatic rings. The van der Waals surface area contributed by atoms with Crippen LogP contribution in [-0.4, -0.2) is 0 Å². The topological polar surface area (TPSA) is 12.0 Å². The lowest BCUT2D eigenvalue weighted by molar-refractivity contribution is 0.628. The van der Waals surface area contributed by atoms with E-state index in [0.29, 0.717) is 10.7 Å². The number of rotatable bonds is 3. The molecule has 0 bridgehead atoms. The molecule has 0 fully saturated rings. The molecule has 1 unspecified atom stereocenters. The van der Waals surface area contributed by atoms with Crippen LogP contribution in [0.3, 0.4) is 0 Å². The summed E-state index contributed by atoms with van der Waals surface area (Å²) in [6.45, 7) is 8.37. The highest BCUT2D eigenvalue weighted by atomic mass is 35.5. The Morgan fingerprint density at radius 1 is 1.00 bits per heavy atom. The molecule has 2 rings (SSSR count). The van der Waals surface area contributed by atoms with Crippen molar-refractivity contribution in [2.24, 2.45) is 0 Å². The monoisotopic (exact) mass is 291 g/mol. The van der Waals surface area contributed by atoms with Gasteiger partial charge in [0.25, 0.3) is 0 Å². The van der Waals surface area contributed by atoms with E-state index < -0.39 is 0 Å². The largest absolute Gasteiger partial charge is 0.378 e. The summed E-state index contributed by atoms with van der Waals surface area (Å²) in [4.78, 5) is 0. The first-order chi connectivity index (χ1) is 9.36. The number of hydrogen-bond donors (Lipinski definition) is 1. The zero-order chi connectivity index (χ0) is 14.9. The van der Waals surface area contributed by atoms with Crippen LogP contribution in [0.4, 0.5) is 10.1 Å². The predicted molar refractivity (Wildman–Crippen MR) is 84.1 cm³/mol. The summed E-state index contributed by atoms with van der Waals surface area (Å²) in [6.07, 6.45) is 0. The molecule has 106 valence electrons. The van der Waals surface area contributed by atoms with Crippen LogP contribution in [0.15, 0.2) is 30.3 Å². The van der Waals surface area contributed by atoms with E-state index in [9.17, 15) is 4.39 Å². The van der Waals surface area contributed by atoms with E-state index in [1.165, 1.54) is 34.4 Å². The van der Waals surface area contributed by atoms with Crippen molar-refractivity contribution in [2.45, 2.75) is 33.7 Å². The second-order valence-corrected chi connectivity index (χ2v) is 5.77. The number of anilines is 1. The van der Waals surface area contributed by atoms with Crippen LogP contribution >= 0.6 is 11.6 Å². The Morgan fingerprint density at radius 3 is 2.15 bits per heavy atom.